The molecule has 7 nitrogen and oxygen atoms in total. The van der Waals surface area contributed by atoms with Crippen molar-refractivity contribution >= 4 is 30.7 Å². The molecule has 3 rings (SSSR count). The largest absolute Gasteiger partial charge is 0.344 e. The second kappa shape index (κ2) is 10.6. The van der Waals surface area contributed by atoms with E-state index in [1.54, 1.807) is 12.4 Å². The van der Waals surface area contributed by atoms with Crippen LogP contribution in [0, 0.1) is 11.8 Å². The van der Waals surface area contributed by atoms with Gasteiger partial charge >= 0.3 is 0 Å². The lowest BCUT2D eigenvalue weighted by Crippen LogP contribution is -2.40. The van der Waals surface area contributed by atoms with Gasteiger partial charge in [0.1, 0.15) is 6.04 Å². The van der Waals surface area contributed by atoms with E-state index in [0.29, 0.717) is 11.7 Å². The number of nitrogens with zero attached hydrogens (tertiary/aromatic N) is 3. The van der Waals surface area contributed by atoms with Gasteiger partial charge in [-0.2, -0.15) is 4.98 Å². The van der Waals surface area contributed by atoms with Crippen LogP contribution in [0.3, 0.4) is 0 Å². The fourth-order valence-electron chi connectivity index (χ4n) is 3.22. The van der Waals surface area contributed by atoms with Crippen molar-refractivity contribution in [2.75, 3.05) is 0 Å². The molecule has 2 heterocycles. The van der Waals surface area contributed by atoms with Crippen LogP contribution in [0.1, 0.15) is 51.5 Å². The molecule has 2 aromatic rings. The summed E-state index contributed by atoms with van der Waals surface area (Å²) >= 11 is 0. The topological polar surface area (TPSA) is 107 Å². The highest BCUT2D eigenvalue weighted by Crippen LogP contribution is 2.27. The Balaban J connectivity index is 0.00000182. The maximum Gasteiger partial charge on any atom is 0.249 e. The van der Waals surface area contributed by atoms with Crippen molar-refractivity contribution in [1.29, 1.82) is 0 Å². The fraction of sp³-hybridized carbons (Fsp3) is 0.556. The summed E-state index contributed by atoms with van der Waals surface area (Å²) in [4.78, 5) is 21.2. The van der Waals surface area contributed by atoms with Crippen LogP contribution in [-0.4, -0.2) is 27.1 Å². The first-order chi connectivity index (χ1) is 12.0. The molecule has 0 aromatic carbocycles. The van der Waals surface area contributed by atoms with Gasteiger partial charge in [0.15, 0.2) is 0 Å². The number of carbonyl (C=O) groups excluding carboxylic acids is 1. The maximum atomic E-state index is 12.6. The molecular weight excluding hydrogens is 389 g/mol. The molecule has 0 saturated heterocycles. The minimum atomic E-state index is -0.316. The number of aromatic nitrogens is 3. The van der Waals surface area contributed by atoms with E-state index >= 15 is 0 Å². The molecule has 3 atom stereocenters. The van der Waals surface area contributed by atoms with E-state index in [0.717, 1.165) is 31.2 Å². The Hall–Kier alpha value is -1.70. The van der Waals surface area contributed by atoms with Crippen LogP contribution in [0.25, 0.3) is 11.4 Å². The smallest absolute Gasteiger partial charge is 0.249 e. The van der Waals surface area contributed by atoms with E-state index in [9.17, 15) is 4.79 Å². The van der Waals surface area contributed by atoms with Gasteiger partial charge in [0.05, 0.1) is 0 Å². The molecule has 1 saturated carbocycles. The van der Waals surface area contributed by atoms with E-state index in [1.165, 1.54) is 0 Å². The van der Waals surface area contributed by atoms with E-state index in [1.807, 2.05) is 26.0 Å². The average Bonchev–Trinajstić information content (AvgIpc) is 3.09. The van der Waals surface area contributed by atoms with Crippen molar-refractivity contribution in [3.63, 3.8) is 0 Å². The van der Waals surface area contributed by atoms with Crippen molar-refractivity contribution < 1.29 is 9.32 Å². The van der Waals surface area contributed by atoms with Gasteiger partial charge in [-0.15, -0.1) is 24.8 Å². The third-order valence-corrected chi connectivity index (χ3v) is 4.68. The minimum absolute atomic E-state index is 0. The van der Waals surface area contributed by atoms with Crippen LogP contribution in [0.5, 0.6) is 0 Å². The van der Waals surface area contributed by atoms with Crippen molar-refractivity contribution in [3.8, 4) is 11.4 Å². The molecule has 0 aliphatic heterocycles. The number of hydrogen-bond acceptors (Lipinski definition) is 6. The predicted molar refractivity (Wildman–Crippen MR) is 108 cm³/mol. The van der Waals surface area contributed by atoms with Crippen LogP contribution >= 0.6 is 24.8 Å². The lowest BCUT2D eigenvalue weighted by molar-refractivity contribution is -0.127. The summed E-state index contributed by atoms with van der Waals surface area (Å²) in [5.74, 6) is 1.01. The van der Waals surface area contributed by atoms with Gasteiger partial charge in [-0.1, -0.05) is 25.4 Å². The quantitative estimate of drug-likeness (QED) is 0.775. The average molecular weight is 416 g/mol. The summed E-state index contributed by atoms with van der Waals surface area (Å²) in [6.07, 6.45) is 6.99. The third kappa shape index (κ3) is 5.89. The van der Waals surface area contributed by atoms with Gasteiger partial charge in [0.25, 0.3) is 0 Å². The molecule has 1 aliphatic carbocycles. The molecule has 1 fully saturated rings. The number of hydrogen-bond donors (Lipinski definition) is 2. The summed E-state index contributed by atoms with van der Waals surface area (Å²) in [5.41, 5.74) is 6.79. The molecule has 0 spiro atoms. The number of pyridine rings is 1. The molecule has 2 aromatic heterocycles. The van der Waals surface area contributed by atoms with Gasteiger partial charge in [-0.3, -0.25) is 9.78 Å². The van der Waals surface area contributed by atoms with E-state index in [2.05, 4.69) is 20.4 Å². The van der Waals surface area contributed by atoms with E-state index in [-0.39, 0.29) is 54.6 Å². The number of carbonyl (C=O) groups is 1. The first-order valence-electron chi connectivity index (χ1n) is 8.84. The Kier molecular flexibility index (Phi) is 9.15. The summed E-state index contributed by atoms with van der Waals surface area (Å²) in [6, 6.07) is 3.49. The first-order valence-corrected chi connectivity index (χ1v) is 8.84. The molecule has 9 heteroatoms. The number of nitrogens with one attached hydrogen (secondary N) is 1. The molecule has 1 aliphatic rings. The van der Waals surface area contributed by atoms with Crippen LogP contribution in [0.15, 0.2) is 29.0 Å². The Morgan fingerprint density at radius 2 is 2.11 bits per heavy atom. The molecule has 3 unspecified atom stereocenters. The Morgan fingerprint density at radius 3 is 2.74 bits per heavy atom. The number of halogens is 2. The number of rotatable bonds is 5. The Labute approximate surface area is 171 Å². The zero-order chi connectivity index (χ0) is 17.8. The lowest BCUT2D eigenvalue weighted by atomic mass is 9.85. The second-order valence-corrected chi connectivity index (χ2v) is 7.05. The van der Waals surface area contributed by atoms with Crippen LogP contribution in [0.2, 0.25) is 0 Å². The fourth-order valence-corrected chi connectivity index (χ4v) is 3.22. The van der Waals surface area contributed by atoms with Crippen molar-refractivity contribution in [1.82, 2.24) is 20.4 Å². The predicted octanol–water partition coefficient (Wildman–Crippen LogP) is 3.31. The van der Waals surface area contributed by atoms with Gasteiger partial charge in [-0.25, -0.2) is 0 Å². The molecule has 1 amide bonds. The molecule has 0 bridgehead atoms. The standard InChI is InChI=1S/C18H25N5O2.2ClH/c1-11(2)15(21-17(24)12-5-3-7-14(19)9-12)18-22-16(23-25-18)13-6-4-8-20-10-13;;/h4,6,8,10-12,14-15H,3,5,7,9,19H2,1-2H3,(H,21,24);2*1H. The first kappa shape index (κ1) is 23.3. The van der Waals surface area contributed by atoms with Crippen molar-refractivity contribution in [2.45, 2.75) is 51.6 Å². The molecular formula is C18H27Cl2N5O2. The zero-order valence-corrected chi connectivity index (χ0v) is 17.1. The van der Waals surface area contributed by atoms with Crippen LogP contribution < -0.4 is 11.1 Å². The normalized spacial score (nSPS) is 20.3. The van der Waals surface area contributed by atoms with Gasteiger partial charge in [0.2, 0.25) is 17.6 Å². The summed E-state index contributed by atoms with van der Waals surface area (Å²) in [7, 11) is 0. The Morgan fingerprint density at radius 1 is 1.33 bits per heavy atom. The maximum absolute atomic E-state index is 12.6. The summed E-state index contributed by atoms with van der Waals surface area (Å²) in [5, 5.41) is 7.11. The minimum Gasteiger partial charge on any atom is -0.344 e. The van der Waals surface area contributed by atoms with Gasteiger partial charge in [-0.05, 0) is 37.3 Å². The summed E-state index contributed by atoms with van der Waals surface area (Å²) in [6.45, 7) is 4.04. The zero-order valence-electron chi connectivity index (χ0n) is 15.5. The van der Waals surface area contributed by atoms with Crippen molar-refractivity contribution in [2.24, 2.45) is 17.6 Å². The van der Waals surface area contributed by atoms with Gasteiger partial charge in [0, 0.05) is 29.9 Å². The second-order valence-electron chi connectivity index (χ2n) is 7.05. The molecule has 27 heavy (non-hydrogen) atoms. The van der Waals surface area contributed by atoms with Gasteiger partial charge < -0.3 is 15.6 Å². The van der Waals surface area contributed by atoms with E-state index in [4.69, 9.17) is 10.3 Å². The lowest BCUT2D eigenvalue weighted by Gasteiger charge is -2.28. The number of amides is 1. The highest BCUT2D eigenvalue weighted by Gasteiger charge is 2.30. The monoisotopic (exact) mass is 415 g/mol. The third-order valence-electron chi connectivity index (χ3n) is 4.68. The highest BCUT2D eigenvalue weighted by atomic mass is 35.5. The number of nitrogens with two attached hydrogens (primary N) is 1. The molecule has 3 N–H and O–H groups in total. The summed E-state index contributed by atoms with van der Waals surface area (Å²) < 4.78 is 5.42. The van der Waals surface area contributed by atoms with Crippen LogP contribution in [-0.2, 0) is 4.79 Å². The van der Waals surface area contributed by atoms with E-state index < -0.39 is 0 Å². The molecule has 150 valence electrons. The van der Waals surface area contributed by atoms with Crippen LogP contribution in [0.4, 0.5) is 0 Å². The SMILES string of the molecule is CC(C)C(NC(=O)C1CCCC(N)C1)c1nc(-c2cccnc2)no1.Cl.Cl. The highest BCUT2D eigenvalue weighted by molar-refractivity contribution is 5.85. The molecule has 0 radical (unpaired) electrons. The van der Waals surface area contributed by atoms with Crippen molar-refractivity contribution in [3.05, 3.63) is 30.4 Å². The Bertz CT molecular complexity index is 711.